The molecule has 4 nitrogen and oxygen atoms in total. The molecule has 1 amide bonds. The number of rotatable bonds is 7. The van der Waals surface area contributed by atoms with Crippen molar-refractivity contribution in [1.82, 2.24) is 0 Å². The number of carbonyl (C=O) groups excluding carboxylic acids is 2. The predicted molar refractivity (Wildman–Crippen MR) is 81.2 cm³/mol. The van der Waals surface area contributed by atoms with Crippen molar-refractivity contribution in [2.24, 2.45) is 0 Å². The molecule has 0 bridgehead atoms. The molecule has 1 N–H and O–H groups in total. The Labute approximate surface area is 128 Å². The lowest BCUT2D eigenvalue weighted by atomic mass is 10.0. The summed E-state index contributed by atoms with van der Waals surface area (Å²) >= 11 is 11.7. The molecule has 1 rings (SSSR count). The molecule has 20 heavy (non-hydrogen) atoms. The van der Waals surface area contributed by atoms with Gasteiger partial charge in [0.2, 0.25) is 5.91 Å². The van der Waals surface area contributed by atoms with E-state index in [4.69, 9.17) is 27.9 Å². The number of unbranched alkanes of at least 4 members (excludes halogenated alkanes) is 1. The van der Waals surface area contributed by atoms with E-state index in [9.17, 15) is 9.59 Å². The van der Waals surface area contributed by atoms with Gasteiger partial charge in [0.05, 0.1) is 23.4 Å². The summed E-state index contributed by atoms with van der Waals surface area (Å²) in [5.74, 6) is 0.638. The van der Waals surface area contributed by atoms with Crippen molar-refractivity contribution < 1.29 is 14.3 Å². The first-order valence-electron chi connectivity index (χ1n) is 6.24. The van der Waals surface area contributed by atoms with E-state index in [1.54, 1.807) is 6.07 Å². The molecule has 0 heterocycles. The van der Waals surface area contributed by atoms with Crippen molar-refractivity contribution in [3.8, 4) is 5.75 Å². The number of amides is 1. The van der Waals surface area contributed by atoms with Crippen molar-refractivity contribution in [3.05, 3.63) is 22.7 Å². The third-order valence-corrected chi connectivity index (χ3v) is 3.27. The smallest absolute Gasteiger partial charge is 0.221 e. The van der Waals surface area contributed by atoms with E-state index in [0.29, 0.717) is 34.3 Å². The Bertz CT molecular complexity index is 503. The molecule has 0 aromatic heterocycles. The summed E-state index contributed by atoms with van der Waals surface area (Å²) in [6, 6.07) is 3.08. The van der Waals surface area contributed by atoms with Gasteiger partial charge in [-0.05, 0) is 18.9 Å². The van der Waals surface area contributed by atoms with Crippen LogP contribution < -0.4 is 10.1 Å². The van der Waals surface area contributed by atoms with Gasteiger partial charge in [-0.15, -0.1) is 11.6 Å². The Hall–Kier alpha value is -1.26. The van der Waals surface area contributed by atoms with Gasteiger partial charge < -0.3 is 10.1 Å². The largest absolute Gasteiger partial charge is 0.496 e. The highest BCUT2D eigenvalue weighted by Crippen LogP contribution is 2.32. The molecule has 0 spiro atoms. The molecule has 0 unspecified atom stereocenters. The van der Waals surface area contributed by atoms with Crippen LogP contribution in [0, 0.1) is 0 Å². The summed E-state index contributed by atoms with van der Waals surface area (Å²) in [6.45, 7) is 1.38. The number of hydrogen-bond acceptors (Lipinski definition) is 3. The van der Waals surface area contributed by atoms with Gasteiger partial charge in [-0.2, -0.15) is 0 Å². The summed E-state index contributed by atoms with van der Waals surface area (Å²) in [5, 5.41) is 2.89. The average Bonchev–Trinajstić information content (AvgIpc) is 2.40. The minimum Gasteiger partial charge on any atom is -0.496 e. The fourth-order valence-corrected chi connectivity index (χ4v) is 2.14. The van der Waals surface area contributed by atoms with Gasteiger partial charge in [-0.1, -0.05) is 11.6 Å². The Morgan fingerprint density at radius 2 is 2.00 bits per heavy atom. The number of alkyl halides is 1. The quantitative estimate of drug-likeness (QED) is 0.471. The number of benzene rings is 1. The normalized spacial score (nSPS) is 10.2. The molecule has 6 heteroatoms. The highest BCUT2D eigenvalue weighted by atomic mass is 35.5. The Kier molecular flexibility index (Phi) is 6.82. The standard InChI is InChI=1S/C14H17Cl2NO3/c1-9(18)17-12-8-14(20-2)10(7-11(12)16)13(19)5-3-4-6-15/h7-8H,3-6H2,1-2H3,(H,17,18). The molecule has 0 saturated heterocycles. The maximum atomic E-state index is 12.1. The maximum absolute atomic E-state index is 12.1. The molecule has 110 valence electrons. The van der Waals surface area contributed by atoms with Crippen LogP contribution in [0.3, 0.4) is 0 Å². The maximum Gasteiger partial charge on any atom is 0.221 e. The van der Waals surface area contributed by atoms with Crippen LogP contribution in [0.1, 0.15) is 36.5 Å². The van der Waals surface area contributed by atoms with E-state index in [0.717, 1.165) is 12.8 Å². The second-order valence-corrected chi connectivity index (χ2v) is 5.07. The van der Waals surface area contributed by atoms with Crippen LogP contribution in [-0.4, -0.2) is 24.7 Å². The molecule has 0 saturated carbocycles. The summed E-state index contributed by atoms with van der Waals surface area (Å²) in [5.41, 5.74) is 0.842. The number of halogens is 2. The van der Waals surface area contributed by atoms with Crippen molar-refractivity contribution >= 4 is 40.6 Å². The Balaban J connectivity index is 2.99. The van der Waals surface area contributed by atoms with Gasteiger partial charge in [-0.25, -0.2) is 0 Å². The predicted octanol–water partition coefficient (Wildman–Crippen LogP) is 3.90. The highest BCUT2D eigenvalue weighted by Gasteiger charge is 2.16. The van der Waals surface area contributed by atoms with Gasteiger partial charge in [0.1, 0.15) is 5.75 Å². The zero-order valence-corrected chi connectivity index (χ0v) is 13.0. The number of ketones is 1. The minimum atomic E-state index is -0.241. The molecule has 0 aliphatic rings. The number of Topliss-reactive ketones (excluding diaryl/α,β-unsaturated/α-hetero) is 1. The lowest BCUT2D eigenvalue weighted by Crippen LogP contribution is -2.08. The number of ether oxygens (including phenoxy) is 1. The molecular formula is C14H17Cl2NO3. The minimum absolute atomic E-state index is 0.0526. The van der Waals surface area contributed by atoms with E-state index < -0.39 is 0 Å². The number of anilines is 1. The van der Waals surface area contributed by atoms with Crippen LogP contribution in [0.2, 0.25) is 5.02 Å². The lowest BCUT2D eigenvalue weighted by Gasteiger charge is -2.12. The Morgan fingerprint density at radius 1 is 1.30 bits per heavy atom. The van der Waals surface area contributed by atoms with Crippen molar-refractivity contribution in [1.29, 1.82) is 0 Å². The van der Waals surface area contributed by atoms with E-state index in [1.807, 2.05) is 0 Å². The third-order valence-electron chi connectivity index (χ3n) is 2.69. The molecule has 0 fully saturated rings. The fraction of sp³-hybridized carbons (Fsp3) is 0.429. The number of nitrogens with one attached hydrogen (secondary N) is 1. The van der Waals surface area contributed by atoms with Crippen molar-refractivity contribution in [2.45, 2.75) is 26.2 Å². The van der Waals surface area contributed by atoms with Gasteiger partial charge in [-0.3, -0.25) is 9.59 Å². The van der Waals surface area contributed by atoms with Crippen molar-refractivity contribution in [2.75, 3.05) is 18.3 Å². The highest BCUT2D eigenvalue weighted by molar-refractivity contribution is 6.34. The van der Waals surface area contributed by atoms with E-state index in [1.165, 1.54) is 20.1 Å². The van der Waals surface area contributed by atoms with Gasteiger partial charge in [0.25, 0.3) is 0 Å². The Morgan fingerprint density at radius 3 is 2.55 bits per heavy atom. The van der Waals surface area contributed by atoms with Gasteiger partial charge in [0.15, 0.2) is 5.78 Å². The fourth-order valence-electron chi connectivity index (χ4n) is 1.74. The summed E-state index contributed by atoms with van der Waals surface area (Å²) < 4.78 is 5.19. The first-order chi connectivity index (χ1) is 9.49. The third kappa shape index (κ3) is 4.69. The molecule has 0 atom stereocenters. The zero-order valence-electron chi connectivity index (χ0n) is 11.5. The number of carbonyl (C=O) groups is 2. The van der Waals surface area contributed by atoms with Crippen LogP contribution in [0.25, 0.3) is 0 Å². The number of methoxy groups -OCH3 is 1. The van der Waals surface area contributed by atoms with Crippen LogP contribution in [-0.2, 0) is 4.79 Å². The zero-order chi connectivity index (χ0) is 15.1. The SMILES string of the molecule is COc1cc(NC(C)=O)c(Cl)cc1C(=O)CCCCCl. The first kappa shape index (κ1) is 16.8. The van der Waals surface area contributed by atoms with Crippen LogP contribution in [0.15, 0.2) is 12.1 Å². The average molecular weight is 318 g/mol. The van der Waals surface area contributed by atoms with E-state index in [2.05, 4.69) is 5.32 Å². The van der Waals surface area contributed by atoms with E-state index in [-0.39, 0.29) is 11.7 Å². The van der Waals surface area contributed by atoms with Crippen LogP contribution >= 0.6 is 23.2 Å². The van der Waals surface area contributed by atoms with Gasteiger partial charge >= 0.3 is 0 Å². The summed E-state index contributed by atoms with van der Waals surface area (Å²) in [6.07, 6.45) is 1.89. The van der Waals surface area contributed by atoms with E-state index >= 15 is 0 Å². The molecule has 0 aliphatic carbocycles. The topological polar surface area (TPSA) is 55.4 Å². The lowest BCUT2D eigenvalue weighted by molar-refractivity contribution is -0.114. The molecule has 0 aliphatic heterocycles. The summed E-state index contributed by atoms with van der Waals surface area (Å²) in [4.78, 5) is 23.2. The molecular weight excluding hydrogens is 301 g/mol. The van der Waals surface area contributed by atoms with Crippen LogP contribution in [0.4, 0.5) is 5.69 Å². The number of hydrogen-bond donors (Lipinski definition) is 1. The summed E-state index contributed by atoms with van der Waals surface area (Å²) in [7, 11) is 1.47. The monoisotopic (exact) mass is 317 g/mol. The van der Waals surface area contributed by atoms with Crippen molar-refractivity contribution in [3.63, 3.8) is 0 Å². The second kappa shape index (κ2) is 8.12. The first-order valence-corrected chi connectivity index (χ1v) is 7.15. The molecule has 1 aromatic carbocycles. The molecule has 0 radical (unpaired) electrons. The molecule has 1 aromatic rings. The van der Waals surface area contributed by atoms with Crippen LogP contribution in [0.5, 0.6) is 5.75 Å². The second-order valence-electron chi connectivity index (χ2n) is 4.28. The van der Waals surface area contributed by atoms with Gasteiger partial charge in [0, 0.05) is 25.3 Å².